The molecule has 12 N–H and O–H groups in total. The van der Waals surface area contributed by atoms with Gasteiger partial charge in [0.25, 0.3) is 0 Å². The van der Waals surface area contributed by atoms with Crippen LogP contribution in [0, 0.1) is 83.5 Å². The van der Waals surface area contributed by atoms with Gasteiger partial charge >= 0.3 is 83.5 Å². The van der Waals surface area contributed by atoms with Gasteiger partial charge in [0, 0.05) is 0 Å². The van der Waals surface area contributed by atoms with Crippen LogP contribution in [-0.2, 0) is 28.8 Å². The van der Waals surface area contributed by atoms with E-state index in [1.165, 1.54) is 0 Å². The van der Waals surface area contributed by atoms with E-state index in [1.54, 1.807) is 0 Å². The average molecular weight is 652 g/mol. The van der Waals surface area contributed by atoms with E-state index in [9.17, 15) is 0 Å². The van der Waals surface area contributed by atoms with E-state index in [-0.39, 0.29) is 116 Å². The van der Waals surface area contributed by atoms with Crippen molar-refractivity contribution < 1.29 is 176 Å². The molecule has 0 atom stereocenters. The number of carbonyl (C=O) groups is 6. The average Bonchev–Trinajstić information content (AvgIpc) is 2.18. The van der Waals surface area contributed by atoms with Crippen molar-refractivity contribution in [2.24, 2.45) is 0 Å². The molecule has 0 heterocycles. The molecule has 0 aliphatic rings. The molecule has 0 aromatic carbocycles. The van der Waals surface area contributed by atoms with Crippen LogP contribution in [0.1, 0.15) is 0 Å². The number of carboxylic acids is 6. The Bertz CT molecular complexity index is 285. The summed E-state index contributed by atoms with van der Waals surface area (Å²) in [5.74, 6) is -13.1. The van der Waals surface area contributed by atoms with E-state index < -0.39 is 35.8 Å². The van der Waals surface area contributed by atoms with Crippen LogP contribution in [0.2, 0.25) is 0 Å². The molecule has 0 amide bonds. The van der Waals surface area contributed by atoms with Crippen LogP contribution in [0.5, 0.6) is 0 Å². The van der Waals surface area contributed by atoms with Crippen LogP contribution >= 0.6 is 0 Å². The van der Waals surface area contributed by atoms with E-state index >= 15 is 0 Å². The molecule has 2 radical (unpaired) electrons. The van der Waals surface area contributed by atoms with Crippen molar-refractivity contribution in [3.05, 3.63) is 0 Å². The molecule has 0 spiro atoms. The summed E-state index contributed by atoms with van der Waals surface area (Å²) in [5.41, 5.74) is 0. The van der Waals surface area contributed by atoms with E-state index in [0.29, 0.717) is 0 Å². The Kier molecular flexibility index (Phi) is 124. The fraction of sp³-hybridized carbons (Fsp3) is 0. The Morgan fingerprint density at radius 1 is 0.308 bits per heavy atom. The molecule has 0 bridgehead atoms. The maximum atomic E-state index is 8.93. The Labute approximate surface area is 209 Å². The molecule has 0 aliphatic carbocycles. The third-order valence-corrected chi connectivity index (χ3v) is 0.500. The van der Waals surface area contributed by atoms with Crippen LogP contribution in [-0.4, -0.2) is 68.7 Å². The summed E-state index contributed by atoms with van der Waals surface area (Å²) in [4.78, 5) is 53.6. The summed E-state index contributed by atoms with van der Waals surface area (Å²) in [6.07, 6.45) is 0. The Morgan fingerprint density at radius 3 is 0.346 bits per heavy atom. The largest absolute Gasteiger partial charge is 3.00 e. The third-order valence-electron chi connectivity index (χ3n) is 0.500. The summed E-state index contributed by atoms with van der Waals surface area (Å²) in [6.45, 7) is 0. The van der Waals surface area contributed by atoms with Gasteiger partial charge in [-0.3, -0.25) is 0 Å². The van der Waals surface area contributed by atoms with Gasteiger partial charge in [0.2, 0.25) is 0 Å². The molecule has 18 nitrogen and oxygen atoms in total. The van der Waals surface area contributed by atoms with Crippen molar-refractivity contribution in [1.82, 2.24) is 0 Å². The minimum absolute atomic E-state index is 0. The molecule has 0 fully saturated rings. The standard InChI is InChI=1S/3C2H2O4.2Ce.6H2O/c3*3-1(4)2(5)6;;;;;;;;/h3*(H,3,4)(H,5,6);;;6*1H2/q;;;2*+3;;;;;;/p-6. The van der Waals surface area contributed by atoms with Gasteiger partial charge in [0.05, 0.1) is 35.8 Å². The first-order valence-corrected chi connectivity index (χ1v) is 3.20. The van der Waals surface area contributed by atoms with Crippen LogP contribution < -0.4 is 30.6 Å². The molecular weight excluding hydrogens is 640 g/mol. The quantitative estimate of drug-likeness (QED) is 0.220. The normalized spacial score (nSPS) is 5.08. The summed E-state index contributed by atoms with van der Waals surface area (Å²) < 4.78 is 0. The Morgan fingerprint density at radius 2 is 0.346 bits per heavy atom. The van der Waals surface area contributed by atoms with Gasteiger partial charge in [-0.1, -0.05) is 0 Å². The number of hydrogen-bond donors (Lipinski definition) is 0. The van der Waals surface area contributed by atoms with Crippen molar-refractivity contribution >= 4 is 35.8 Å². The summed E-state index contributed by atoms with van der Waals surface area (Å²) in [5, 5.41) is 53.6. The minimum atomic E-state index is -2.19. The zero-order valence-corrected chi connectivity index (χ0v) is 18.2. The number of aliphatic carboxylic acids is 6. The second-order valence-electron chi connectivity index (χ2n) is 1.72. The van der Waals surface area contributed by atoms with Gasteiger partial charge in [-0.2, -0.15) is 0 Å². The van der Waals surface area contributed by atoms with Gasteiger partial charge in [0.15, 0.2) is 0 Å². The van der Waals surface area contributed by atoms with Crippen LogP contribution in [0.4, 0.5) is 0 Å². The van der Waals surface area contributed by atoms with Crippen molar-refractivity contribution in [2.75, 3.05) is 0 Å². The van der Waals surface area contributed by atoms with Gasteiger partial charge in [-0.05, 0) is 0 Å². The Hall–Kier alpha value is -0.667. The molecule has 0 unspecified atom stereocenters. The van der Waals surface area contributed by atoms with E-state index in [0.717, 1.165) is 0 Å². The summed E-state index contributed by atoms with van der Waals surface area (Å²) in [6, 6.07) is 0. The number of rotatable bonds is 0. The zero-order chi connectivity index (χ0) is 15.5. The van der Waals surface area contributed by atoms with Crippen molar-refractivity contribution in [2.45, 2.75) is 0 Å². The second kappa shape index (κ2) is 44.1. The van der Waals surface area contributed by atoms with Crippen LogP contribution in [0.15, 0.2) is 0 Å². The molecule has 0 aromatic rings. The van der Waals surface area contributed by atoms with Gasteiger partial charge in [-0.25, -0.2) is 0 Å². The maximum Gasteiger partial charge on any atom is 3.00 e. The van der Waals surface area contributed by atoms with E-state index in [4.69, 9.17) is 59.4 Å². The predicted molar refractivity (Wildman–Crippen MR) is 51.7 cm³/mol. The fourth-order valence-electron chi connectivity index (χ4n) is 0. The van der Waals surface area contributed by atoms with Crippen molar-refractivity contribution in [3.8, 4) is 0 Å². The van der Waals surface area contributed by atoms with Crippen LogP contribution in [0.3, 0.4) is 0 Å². The van der Waals surface area contributed by atoms with Crippen molar-refractivity contribution in [3.63, 3.8) is 0 Å². The molecule has 26 heavy (non-hydrogen) atoms. The molecule has 0 saturated carbocycles. The van der Waals surface area contributed by atoms with E-state index in [1.807, 2.05) is 0 Å². The van der Waals surface area contributed by atoms with E-state index in [2.05, 4.69) is 0 Å². The molecule has 0 aliphatic heterocycles. The SMILES string of the molecule is O.O.O.O.O.O.O=C([O-])C(=O)[O-].O=C([O-])C(=O)[O-].O=C([O-])C(=O)[O-].[Ce+3].[Ce+3]. The zero-order valence-electron chi connectivity index (χ0n) is 11.9. The topological polar surface area (TPSA) is 430 Å². The van der Waals surface area contributed by atoms with Crippen LogP contribution in [0.25, 0.3) is 0 Å². The van der Waals surface area contributed by atoms with Crippen molar-refractivity contribution in [1.29, 1.82) is 0 Å². The molecule has 0 saturated heterocycles. The Balaban J connectivity index is -0.0000000125. The molecule has 0 aromatic heterocycles. The predicted octanol–water partition coefficient (Wildman–Crippen LogP) is -15.5. The summed E-state index contributed by atoms with van der Waals surface area (Å²) in [7, 11) is 0. The molecule has 20 heteroatoms. The molecule has 0 rings (SSSR count). The second-order valence-corrected chi connectivity index (χ2v) is 1.72. The fourth-order valence-corrected chi connectivity index (χ4v) is 0. The monoisotopic (exact) mass is 652 g/mol. The van der Waals surface area contributed by atoms with Gasteiger partial charge in [0.1, 0.15) is 0 Å². The first-order chi connectivity index (χ1) is 7.93. The number of carboxylic acid groups (broad SMARTS) is 6. The maximum absolute atomic E-state index is 8.93. The summed E-state index contributed by atoms with van der Waals surface area (Å²) >= 11 is 0. The van der Waals surface area contributed by atoms with Gasteiger partial charge < -0.3 is 92.3 Å². The first kappa shape index (κ1) is 73.0. The third kappa shape index (κ3) is 90.6. The molecule has 152 valence electrons. The smallest absolute Gasteiger partial charge is 0.543 e. The minimum Gasteiger partial charge on any atom is -0.543 e. The number of hydrogen-bond acceptors (Lipinski definition) is 12. The molecular formula is C6H12Ce2O18. The first-order valence-electron chi connectivity index (χ1n) is 3.20. The number of carbonyl (C=O) groups excluding carboxylic acids is 6. The van der Waals surface area contributed by atoms with Gasteiger partial charge in [-0.15, -0.1) is 0 Å².